The fourth-order valence-corrected chi connectivity index (χ4v) is 1.47. The van der Waals surface area contributed by atoms with Crippen LogP contribution in [-0.4, -0.2) is 11.6 Å². The lowest BCUT2D eigenvalue weighted by Gasteiger charge is -2.00. The maximum atomic E-state index is 8.66. The van der Waals surface area contributed by atoms with E-state index in [0.29, 0.717) is 12.2 Å². The molecule has 0 spiro atoms. The van der Waals surface area contributed by atoms with Gasteiger partial charge >= 0.3 is 0 Å². The van der Waals surface area contributed by atoms with Crippen LogP contribution in [0.15, 0.2) is 18.4 Å². The van der Waals surface area contributed by atoms with Crippen molar-refractivity contribution < 1.29 is 4.74 Å². The molecule has 0 saturated heterocycles. The molecule has 0 aliphatic carbocycles. The van der Waals surface area contributed by atoms with Crippen molar-refractivity contribution in [2.24, 2.45) is 0 Å². The SMILES string of the molecule is N#Cc1ccc(C2=COCC2)nc1Cl. The molecule has 0 N–H and O–H groups in total. The fourth-order valence-electron chi connectivity index (χ4n) is 1.27. The van der Waals surface area contributed by atoms with Crippen LogP contribution in [0.4, 0.5) is 0 Å². The molecule has 0 amide bonds. The summed E-state index contributed by atoms with van der Waals surface area (Å²) in [6.45, 7) is 0.689. The second kappa shape index (κ2) is 3.69. The van der Waals surface area contributed by atoms with Crippen molar-refractivity contribution in [3.8, 4) is 6.07 Å². The Kier molecular flexibility index (Phi) is 2.38. The zero-order valence-electron chi connectivity index (χ0n) is 7.33. The van der Waals surface area contributed by atoms with Crippen LogP contribution in [0.25, 0.3) is 5.57 Å². The third-order valence-electron chi connectivity index (χ3n) is 2.01. The molecule has 1 aliphatic rings. The van der Waals surface area contributed by atoms with Gasteiger partial charge in [0.05, 0.1) is 24.1 Å². The summed E-state index contributed by atoms with van der Waals surface area (Å²) in [5, 5.41) is 8.91. The first-order chi connectivity index (χ1) is 6.81. The van der Waals surface area contributed by atoms with Gasteiger partial charge in [-0.2, -0.15) is 5.26 Å². The zero-order valence-corrected chi connectivity index (χ0v) is 8.08. The number of pyridine rings is 1. The number of aromatic nitrogens is 1. The summed E-state index contributed by atoms with van der Waals surface area (Å²) < 4.78 is 5.10. The summed E-state index contributed by atoms with van der Waals surface area (Å²) >= 11 is 5.81. The normalized spacial score (nSPS) is 14.4. The highest BCUT2D eigenvalue weighted by molar-refractivity contribution is 6.30. The Morgan fingerprint density at radius 2 is 2.36 bits per heavy atom. The Bertz CT molecular complexity index is 434. The summed E-state index contributed by atoms with van der Waals surface area (Å²) in [6.07, 6.45) is 2.53. The highest BCUT2D eigenvalue weighted by Gasteiger charge is 2.11. The van der Waals surface area contributed by atoms with Gasteiger partial charge in [0.2, 0.25) is 0 Å². The van der Waals surface area contributed by atoms with E-state index in [1.807, 2.05) is 6.07 Å². The van der Waals surface area contributed by atoms with Gasteiger partial charge in [-0.1, -0.05) is 11.6 Å². The maximum absolute atomic E-state index is 8.66. The van der Waals surface area contributed by atoms with E-state index in [1.165, 1.54) is 0 Å². The minimum Gasteiger partial charge on any atom is -0.500 e. The summed E-state index contributed by atoms with van der Waals surface area (Å²) in [7, 11) is 0. The Morgan fingerprint density at radius 3 is 2.93 bits per heavy atom. The standard InChI is InChI=1S/C10H7ClN2O/c11-10-7(5-12)1-2-9(13-10)8-3-4-14-6-8/h1-2,6H,3-4H2. The number of ether oxygens (including phenoxy) is 1. The average Bonchev–Trinajstić information content (AvgIpc) is 2.70. The summed E-state index contributed by atoms with van der Waals surface area (Å²) in [6, 6.07) is 5.42. The van der Waals surface area contributed by atoms with Crippen molar-refractivity contribution >= 4 is 17.2 Å². The first-order valence-corrected chi connectivity index (χ1v) is 4.57. The predicted octanol–water partition coefficient (Wildman–Crippen LogP) is 2.37. The molecule has 3 nitrogen and oxygen atoms in total. The van der Waals surface area contributed by atoms with Crippen molar-refractivity contribution in [1.82, 2.24) is 4.98 Å². The molecule has 1 aromatic rings. The van der Waals surface area contributed by atoms with E-state index in [9.17, 15) is 0 Å². The predicted molar refractivity (Wildman–Crippen MR) is 52.5 cm³/mol. The molecule has 0 radical (unpaired) electrons. The molecule has 2 rings (SSSR count). The van der Waals surface area contributed by atoms with Crippen molar-refractivity contribution in [2.75, 3.05) is 6.61 Å². The molecule has 0 aromatic carbocycles. The first kappa shape index (κ1) is 9.04. The van der Waals surface area contributed by atoms with Gasteiger partial charge in [0, 0.05) is 12.0 Å². The molecule has 14 heavy (non-hydrogen) atoms. The third kappa shape index (κ3) is 1.57. The van der Waals surface area contributed by atoms with Crippen molar-refractivity contribution in [2.45, 2.75) is 6.42 Å². The zero-order chi connectivity index (χ0) is 9.97. The molecule has 70 valence electrons. The topological polar surface area (TPSA) is 45.9 Å². The molecule has 0 atom stereocenters. The van der Waals surface area contributed by atoms with Gasteiger partial charge in [-0.25, -0.2) is 4.98 Å². The number of hydrogen-bond acceptors (Lipinski definition) is 3. The Morgan fingerprint density at radius 1 is 1.50 bits per heavy atom. The van der Waals surface area contributed by atoms with E-state index < -0.39 is 0 Å². The van der Waals surface area contributed by atoms with Crippen LogP contribution in [-0.2, 0) is 4.74 Å². The quantitative estimate of drug-likeness (QED) is 0.663. The van der Waals surface area contributed by atoms with E-state index in [0.717, 1.165) is 17.7 Å². The van der Waals surface area contributed by atoms with Crippen LogP contribution in [0.2, 0.25) is 5.15 Å². The van der Waals surface area contributed by atoms with Gasteiger partial charge in [0.25, 0.3) is 0 Å². The van der Waals surface area contributed by atoms with Gasteiger partial charge in [-0.3, -0.25) is 0 Å². The summed E-state index contributed by atoms with van der Waals surface area (Å²) in [5.74, 6) is 0. The van der Waals surface area contributed by atoms with E-state index in [2.05, 4.69) is 4.98 Å². The molecule has 0 saturated carbocycles. The lowest BCUT2D eigenvalue weighted by atomic mass is 10.1. The van der Waals surface area contributed by atoms with E-state index in [4.69, 9.17) is 21.6 Å². The number of halogens is 1. The molecule has 1 aromatic heterocycles. The molecule has 0 fully saturated rings. The number of rotatable bonds is 1. The summed E-state index contributed by atoms with van der Waals surface area (Å²) in [4.78, 5) is 4.12. The third-order valence-corrected chi connectivity index (χ3v) is 2.30. The highest BCUT2D eigenvalue weighted by Crippen LogP contribution is 2.23. The van der Waals surface area contributed by atoms with E-state index in [1.54, 1.807) is 18.4 Å². The highest BCUT2D eigenvalue weighted by atomic mass is 35.5. The van der Waals surface area contributed by atoms with Crippen LogP contribution in [0.5, 0.6) is 0 Å². The lowest BCUT2D eigenvalue weighted by molar-refractivity contribution is 0.281. The van der Waals surface area contributed by atoms with Crippen molar-refractivity contribution in [1.29, 1.82) is 5.26 Å². The van der Waals surface area contributed by atoms with Crippen LogP contribution in [0.3, 0.4) is 0 Å². The Hall–Kier alpha value is -1.53. The number of hydrogen-bond donors (Lipinski definition) is 0. The second-order valence-corrected chi connectivity index (χ2v) is 3.27. The van der Waals surface area contributed by atoms with Crippen molar-refractivity contribution in [3.63, 3.8) is 0 Å². The molecule has 0 bridgehead atoms. The maximum Gasteiger partial charge on any atom is 0.147 e. The van der Waals surface area contributed by atoms with Crippen LogP contribution in [0.1, 0.15) is 17.7 Å². The number of nitrogens with zero attached hydrogens (tertiary/aromatic N) is 2. The molecular formula is C10H7ClN2O. The van der Waals surface area contributed by atoms with Gasteiger partial charge in [0.1, 0.15) is 11.2 Å². The van der Waals surface area contributed by atoms with E-state index in [-0.39, 0.29) is 5.15 Å². The minimum absolute atomic E-state index is 0.248. The van der Waals surface area contributed by atoms with Gasteiger partial charge in [0.15, 0.2) is 0 Å². The lowest BCUT2D eigenvalue weighted by Crippen LogP contribution is -1.90. The fraction of sp³-hybridized carbons (Fsp3) is 0.200. The molecule has 0 unspecified atom stereocenters. The van der Waals surface area contributed by atoms with Crippen molar-refractivity contribution in [3.05, 3.63) is 34.8 Å². The number of nitriles is 1. The Labute approximate surface area is 86.6 Å². The van der Waals surface area contributed by atoms with Crippen LogP contribution in [0, 0.1) is 11.3 Å². The first-order valence-electron chi connectivity index (χ1n) is 4.19. The van der Waals surface area contributed by atoms with Gasteiger partial charge < -0.3 is 4.74 Å². The van der Waals surface area contributed by atoms with Gasteiger partial charge in [-0.15, -0.1) is 0 Å². The second-order valence-electron chi connectivity index (χ2n) is 2.91. The van der Waals surface area contributed by atoms with Gasteiger partial charge in [-0.05, 0) is 12.1 Å². The summed E-state index contributed by atoms with van der Waals surface area (Å²) in [5.41, 5.74) is 2.21. The van der Waals surface area contributed by atoms with Crippen LogP contribution >= 0.6 is 11.6 Å². The van der Waals surface area contributed by atoms with Crippen LogP contribution < -0.4 is 0 Å². The van der Waals surface area contributed by atoms with E-state index >= 15 is 0 Å². The average molecular weight is 207 g/mol. The Balaban J connectivity index is 2.38. The monoisotopic (exact) mass is 206 g/mol. The molecule has 2 heterocycles. The largest absolute Gasteiger partial charge is 0.500 e. The molecule has 1 aliphatic heterocycles. The smallest absolute Gasteiger partial charge is 0.147 e. The minimum atomic E-state index is 0.248. The molecular weight excluding hydrogens is 200 g/mol. The molecule has 4 heteroatoms.